The van der Waals surface area contributed by atoms with E-state index in [1.165, 1.54) is 6.07 Å². The Labute approximate surface area is 178 Å². The average Bonchev–Trinajstić information content (AvgIpc) is 3.37. The monoisotopic (exact) mass is 441 g/mol. The molecule has 1 aliphatic rings. The molecule has 0 aliphatic carbocycles. The normalized spacial score (nSPS) is 17.1. The summed E-state index contributed by atoms with van der Waals surface area (Å²) >= 11 is 1.07. The predicted octanol–water partition coefficient (Wildman–Crippen LogP) is 2.97. The molecule has 7 nitrogen and oxygen atoms in total. The summed E-state index contributed by atoms with van der Waals surface area (Å²) in [5.74, 6) is -0.973. The number of carbonyl (C=O) groups is 2. The molecule has 0 N–H and O–H groups in total. The maximum atomic E-state index is 13.4. The molecule has 1 fully saturated rings. The molecule has 1 aliphatic heterocycles. The minimum absolute atomic E-state index is 0.0561. The topological polar surface area (TPSA) is 87.7 Å². The number of pyridine rings is 1. The lowest BCUT2D eigenvalue weighted by Crippen LogP contribution is -2.44. The van der Waals surface area contributed by atoms with Gasteiger partial charge in [-0.15, -0.1) is 11.3 Å². The minimum atomic E-state index is -3.98. The lowest BCUT2D eigenvalue weighted by molar-refractivity contribution is -0.122. The highest BCUT2D eigenvalue weighted by molar-refractivity contribution is 7.91. The summed E-state index contributed by atoms with van der Waals surface area (Å²) in [6, 6.07) is 12.4. The number of amides is 2. The molecule has 3 heterocycles. The van der Waals surface area contributed by atoms with E-state index in [0.29, 0.717) is 11.3 Å². The lowest BCUT2D eigenvalue weighted by Gasteiger charge is -2.26. The molecule has 1 unspecified atom stereocenters. The van der Waals surface area contributed by atoms with Gasteiger partial charge in [-0.1, -0.05) is 29.8 Å². The van der Waals surface area contributed by atoms with E-state index in [2.05, 4.69) is 4.98 Å². The Morgan fingerprint density at radius 2 is 1.90 bits per heavy atom. The molecule has 154 valence electrons. The van der Waals surface area contributed by atoms with Gasteiger partial charge in [-0.05, 0) is 42.1 Å². The van der Waals surface area contributed by atoms with E-state index in [1.54, 1.807) is 60.2 Å². The Hall–Kier alpha value is -2.88. The first-order valence-electron chi connectivity index (χ1n) is 9.25. The average molecular weight is 442 g/mol. The molecule has 2 aromatic heterocycles. The molecule has 0 bridgehead atoms. The molecule has 4 rings (SSSR count). The van der Waals surface area contributed by atoms with Gasteiger partial charge in [0.1, 0.15) is 10.3 Å². The molecular weight excluding hydrogens is 422 g/mol. The SMILES string of the molecule is Cc1ccc(N2C(=O)CC(N(Cc3cccnc3)S(=O)(=O)c3cccs3)C2=O)cc1. The van der Waals surface area contributed by atoms with Crippen LogP contribution < -0.4 is 4.90 Å². The van der Waals surface area contributed by atoms with Crippen LogP contribution in [-0.4, -0.2) is 35.6 Å². The fourth-order valence-electron chi connectivity index (χ4n) is 3.37. The van der Waals surface area contributed by atoms with Crippen LogP contribution in [0.4, 0.5) is 5.69 Å². The highest BCUT2D eigenvalue weighted by atomic mass is 32.2. The van der Waals surface area contributed by atoms with E-state index in [0.717, 1.165) is 26.1 Å². The number of anilines is 1. The van der Waals surface area contributed by atoms with Crippen molar-refractivity contribution >= 4 is 38.9 Å². The van der Waals surface area contributed by atoms with Crippen LogP contribution >= 0.6 is 11.3 Å². The fraction of sp³-hybridized carbons (Fsp3) is 0.190. The third kappa shape index (κ3) is 3.79. The maximum absolute atomic E-state index is 13.4. The maximum Gasteiger partial charge on any atom is 0.253 e. The van der Waals surface area contributed by atoms with E-state index in [4.69, 9.17) is 0 Å². The van der Waals surface area contributed by atoms with Gasteiger partial charge in [-0.25, -0.2) is 13.3 Å². The van der Waals surface area contributed by atoms with Crippen molar-refractivity contribution < 1.29 is 18.0 Å². The summed E-state index contributed by atoms with van der Waals surface area (Å²) in [4.78, 5) is 31.1. The van der Waals surface area contributed by atoms with Gasteiger partial charge in [0.15, 0.2) is 0 Å². The van der Waals surface area contributed by atoms with Crippen molar-refractivity contribution in [2.24, 2.45) is 0 Å². The molecule has 0 radical (unpaired) electrons. The minimum Gasteiger partial charge on any atom is -0.274 e. The van der Waals surface area contributed by atoms with Gasteiger partial charge in [0.2, 0.25) is 5.91 Å². The van der Waals surface area contributed by atoms with Gasteiger partial charge in [-0.3, -0.25) is 14.6 Å². The van der Waals surface area contributed by atoms with Crippen molar-refractivity contribution in [2.45, 2.75) is 30.1 Å². The van der Waals surface area contributed by atoms with Crippen LogP contribution in [-0.2, 0) is 26.2 Å². The lowest BCUT2D eigenvalue weighted by atomic mass is 10.2. The molecule has 1 aromatic carbocycles. The third-order valence-electron chi connectivity index (χ3n) is 4.88. The van der Waals surface area contributed by atoms with Crippen molar-refractivity contribution in [3.63, 3.8) is 0 Å². The molecule has 0 spiro atoms. The Kier molecular flexibility index (Phi) is 5.50. The molecule has 3 aromatic rings. The number of hydrogen-bond acceptors (Lipinski definition) is 6. The van der Waals surface area contributed by atoms with E-state index < -0.39 is 27.9 Å². The van der Waals surface area contributed by atoms with Crippen LogP contribution in [0.2, 0.25) is 0 Å². The van der Waals surface area contributed by atoms with Crippen LogP contribution in [0.25, 0.3) is 0 Å². The Morgan fingerprint density at radius 1 is 1.13 bits per heavy atom. The van der Waals surface area contributed by atoms with E-state index in [1.807, 2.05) is 6.92 Å². The molecule has 0 saturated carbocycles. The molecule has 1 atom stereocenters. The summed E-state index contributed by atoms with van der Waals surface area (Å²) in [6.45, 7) is 1.85. The van der Waals surface area contributed by atoms with Gasteiger partial charge in [-0.2, -0.15) is 4.31 Å². The first-order chi connectivity index (χ1) is 14.4. The van der Waals surface area contributed by atoms with E-state index in [9.17, 15) is 18.0 Å². The number of nitrogens with zero attached hydrogens (tertiary/aromatic N) is 3. The summed E-state index contributed by atoms with van der Waals surface area (Å²) in [5.41, 5.74) is 2.06. The van der Waals surface area contributed by atoms with Gasteiger partial charge in [0.05, 0.1) is 12.1 Å². The molecule has 2 amide bonds. The Balaban J connectivity index is 1.73. The second kappa shape index (κ2) is 8.10. The van der Waals surface area contributed by atoms with Gasteiger partial charge in [0, 0.05) is 18.9 Å². The van der Waals surface area contributed by atoms with Crippen molar-refractivity contribution in [1.82, 2.24) is 9.29 Å². The number of imide groups is 1. The first-order valence-corrected chi connectivity index (χ1v) is 11.6. The molecule has 30 heavy (non-hydrogen) atoms. The van der Waals surface area contributed by atoms with Crippen LogP contribution in [0.15, 0.2) is 70.5 Å². The smallest absolute Gasteiger partial charge is 0.253 e. The number of benzene rings is 1. The summed E-state index contributed by atoms with van der Waals surface area (Å²) in [5, 5.41) is 1.66. The second-order valence-electron chi connectivity index (χ2n) is 6.97. The Morgan fingerprint density at radius 3 is 2.53 bits per heavy atom. The number of sulfonamides is 1. The van der Waals surface area contributed by atoms with E-state index >= 15 is 0 Å². The zero-order chi connectivity index (χ0) is 21.3. The highest BCUT2D eigenvalue weighted by Gasteiger charge is 2.47. The van der Waals surface area contributed by atoms with Gasteiger partial charge >= 0.3 is 0 Å². The largest absolute Gasteiger partial charge is 0.274 e. The number of hydrogen-bond donors (Lipinski definition) is 0. The van der Waals surface area contributed by atoms with Crippen molar-refractivity contribution in [3.8, 4) is 0 Å². The fourth-order valence-corrected chi connectivity index (χ4v) is 6.06. The quantitative estimate of drug-likeness (QED) is 0.549. The highest BCUT2D eigenvalue weighted by Crippen LogP contribution is 2.31. The van der Waals surface area contributed by atoms with Crippen molar-refractivity contribution in [2.75, 3.05) is 4.90 Å². The standard InChI is InChI=1S/C21H19N3O4S2/c1-15-6-8-17(9-7-15)24-19(25)12-18(21(24)26)23(14-16-4-2-10-22-13-16)30(27,28)20-5-3-11-29-20/h2-11,13,18H,12,14H2,1H3. The number of aryl methyl sites for hydroxylation is 1. The second-order valence-corrected chi connectivity index (χ2v) is 10.0. The molecular formula is C21H19N3O4S2. The van der Waals surface area contributed by atoms with Crippen LogP contribution in [0.1, 0.15) is 17.5 Å². The zero-order valence-electron chi connectivity index (χ0n) is 16.1. The third-order valence-corrected chi connectivity index (χ3v) is 8.11. The van der Waals surface area contributed by atoms with Gasteiger partial charge < -0.3 is 0 Å². The van der Waals surface area contributed by atoms with E-state index in [-0.39, 0.29) is 17.2 Å². The number of carbonyl (C=O) groups excluding carboxylic acids is 2. The van der Waals surface area contributed by atoms with Crippen molar-refractivity contribution in [1.29, 1.82) is 0 Å². The summed E-state index contributed by atoms with van der Waals surface area (Å²) in [6.07, 6.45) is 2.93. The summed E-state index contributed by atoms with van der Waals surface area (Å²) < 4.78 is 28.0. The number of rotatable bonds is 6. The molecule has 1 saturated heterocycles. The van der Waals surface area contributed by atoms with Crippen LogP contribution in [0.3, 0.4) is 0 Å². The van der Waals surface area contributed by atoms with Crippen LogP contribution in [0, 0.1) is 6.92 Å². The first kappa shape index (κ1) is 20.4. The van der Waals surface area contributed by atoms with Crippen molar-refractivity contribution in [3.05, 3.63) is 77.4 Å². The van der Waals surface area contributed by atoms with Gasteiger partial charge in [0.25, 0.3) is 15.9 Å². The zero-order valence-corrected chi connectivity index (χ0v) is 17.8. The molecule has 9 heteroatoms. The Bertz CT molecular complexity index is 1160. The summed E-state index contributed by atoms with van der Waals surface area (Å²) in [7, 11) is -3.98. The predicted molar refractivity (Wildman–Crippen MR) is 113 cm³/mol. The number of thiophene rings is 1. The van der Waals surface area contributed by atoms with Crippen LogP contribution in [0.5, 0.6) is 0 Å². The number of aromatic nitrogens is 1.